The minimum Gasteiger partial charge on any atom is -0.507 e. The summed E-state index contributed by atoms with van der Waals surface area (Å²) < 4.78 is 16.8. The summed E-state index contributed by atoms with van der Waals surface area (Å²) in [5.74, 6) is 0.00889. The first-order valence-corrected chi connectivity index (χ1v) is 12.7. The summed E-state index contributed by atoms with van der Waals surface area (Å²) in [5, 5.41) is 11.5. The Labute approximate surface area is 229 Å². The second-order valence-corrected chi connectivity index (χ2v) is 9.66. The highest BCUT2D eigenvalue weighted by atomic mass is 16.5. The third-order valence-corrected chi connectivity index (χ3v) is 6.75. The van der Waals surface area contributed by atoms with Crippen LogP contribution in [0.15, 0.2) is 72.3 Å². The molecule has 8 heteroatoms. The van der Waals surface area contributed by atoms with Crippen LogP contribution >= 0.6 is 0 Å². The number of aliphatic hydroxyl groups excluding tert-OH is 1. The number of aryl methyl sites for hydroxylation is 1. The van der Waals surface area contributed by atoms with E-state index in [0.29, 0.717) is 53.6 Å². The molecule has 1 atom stereocenters. The van der Waals surface area contributed by atoms with Crippen molar-refractivity contribution in [2.75, 3.05) is 41.4 Å². The third kappa shape index (κ3) is 5.91. The van der Waals surface area contributed by atoms with Crippen LogP contribution in [0, 0.1) is 6.92 Å². The lowest BCUT2D eigenvalue weighted by Crippen LogP contribution is -2.35. The number of Topliss-reactive ketones (excluding diaryl/α,β-unsaturated/α-hetero) is 1. The van der Waals surface area contributed by atoms with Gasteiger partial charge in [-0.3, -0.25) is 9.59 Å². The van der Waals surface area contributed by atoms with Crippen molar-refractivity contribution >= 4 is 17.4 Å². The number of likely N-dealkylation sites (tertiary alicyclic amines) is 1. The predicted octanol–water partition coefficient (Wildman–Crippen LogP) is 4.57. The highest BCUT2D eigenvalue weighted by molar-refractivity contribution is 6.46. The first-order valence-electron chi connectivity index (χ1n) is 12.7. The fourth-order valence-corrected chi connectivity index (χ4v) is 4.67. The first kappa shape index (κ1) is 27.7. The summed E-state index contributed by atoms with van der Waals surface area (Å²) in [5.41, 5.74) is 2.87. The van der Waals surface area contributed by atoms with E-state index in [2.05, 4.69) is 0 Å². The summed E-state index contributed by atoms with van der Waals surface area (Å²) in [4.78, 5) is 30.0. The zero-order valence-corrected chi connectivity index (χ0v) is 22.9. The van der Waals surface area contributed by atoms with Gasteiger partial charge in [0.1, 0.15) is 18.1 Å². The van der Waals surface area contributed by atoms with Crippen molar-refractivity contribution < 1.29 is 28.9 Å². The molecule has 4 rings (SSSR count). The minimum atomic E-state index is -0.793. The quantitative estimate of drug-likeness (QED) is 0.233. The minimum absolute atomic E-state index is 0.0343. The number of ketones is 1. The van der Waals surface area contributed by atoms with Gasteiger partial charge in [0.15, 0.2) is 11.5 Å². The Bertz CT molecular complexity index is 1380. The molecule has 8 nitrogen and oxygen atoms in total. The molecule has 3 aromatic rings. The van der Waals surface area contributed by atoms with Crippen molar-refractivity contribution in [2.45, 2.75) is 19.6 Å². The van der Waals surface area contributed by atoms with Crippen LogP contribution in [-0.2, 0) is 16.2 Å². The van der Waals surface area contributed by atoms with E-state index in [4.69, 9.17) is 14.2 Å². The number of likely N-dealkylation sites (N-methyl/N-ethyl adjacent to an activating group) is 1. The third-order valence-electron chi connectivity index (χ3n) is 6.75. The Kier molecular flexibility index (Phi) is 8.56. The number of hydrogen-bond acceptors (Lipinski definition) is 7. The van der Waals surface area contributed by atoms with E-state index >= 15 is 0 Å². The van der Waals surface area contributed by atoms with Gasteiger partial charge >= 0.3 is 0 Å². The molecule has 1 heterocycles. The molecule has 0 unspecified atom stereocenters. The van der Waals surface area contributed by atoms with Crippen LogP contribution in [0.3, 0.4) is 0 Å². The fourth-order valence-electron chi connectivity index (χ4n) is 4.67. The van der Waals surface area contributed by atoms with Crippen LogP contribution in [0.5, 0.6) is 17.2 Å². The summed E-state index contributed by atoms with van der Waals surface area (Å²) in [7, 11) is 6.85. The second-order valence-electron chi connectivity index (χ2n) is 9.66. The largest absolute Gasteiger partial charge is 0.507 e. The highest BCUT2D eigenvalue weighted by Crippen LogP contribution is 2.42. The maximum atomic E-state index is 13.4. The average Bonchev–Trinajstić information content (AvgIpc) is 3.19. The molecule has 0 saturated carbocycles. The molecule has 1 saturated heterocycles. The van der Waals surface area contributed by atoms with Crippen LogP contribution in [0.25, 0.3) is 5.76 Å². The van der Waals surface area contributed by atoms with Crippen LogP contribution in [-0.4, -0.2) is 68.0 Å². The van der Waals surface area contributed by atoms with Gasteiger partial charge in [-0.1, -0.05) is 36.4 Å². The molecular formula is C31H34N2O6. The number of carbonyl (C=O) groups excluding carboxylic acids is 2. The van der Waals surface area contributed by atoms with Gasteiger partial charge in [-0.05, 0) is 68.0 Å². The van der Waals surface area contributed by atoms with Crippen LogP contribution < -0.4 is 14.2 Å². The summed E-state index contributed by atoms with van der Waals surface area (Å²) in [6.07, 6.45) is 0. The van der Waals surface area contributed by atoms with Crippen LogP contribution in [0.1, 0.15) is 28.3 Å². The predicted molar refractivity (Wildman–Crippen MR) is 149 cm³/mol. The lowest BCUT2D eigenvalue weighted by Gasteiger charge is -2.27. The summed E-state index contributed by atoms with van der Waals surface area (Å²) in [6, 6.07) is 19.5. The number of ether oxygens (including phenoxy) is 3. The van der Waals surface area contributed by atoms with Crippen molar-refractivity contribution in [1.29, 1.82) is 0 Å². The molecule has 1 fully saturated rings. The lowest BCUT2D eigenvalue weighted by atomic mass is 9.93. The van der Waals surface area contributed by atoms with E-state index in [0.717, 1.165) is 5.56 Å². The van der Waals surface area contributed by atoms with E-state index in [1.165, 1.54) is 19.1 Å². The van der Waals surface area contributed by atoms with Gasteiger partial charge in [0.2, 0.25) is 0 Å². The SMILES string of the molecule is COc1ccc([C@@H]2C(=C(O)c3ccc(OCc4ccccc4)cc3C)C(=O)C(=O)N2CCN(C)C)cc1OC. The number of aliphatic hydroxyl groups is 1. The molecule has 1 aliphatic heterocycles. The maximum Gasteiger partial charge on any atom is 0.295 e. The zero-order chi connectivity index (χ0) is 28.1. The molecule has 0 radical (unpaired) electrons. The van der Waals surface area contributed by atoms with Gasteiger partial charge in [-0.2, -0.15) is 0 Å². The molecule has 1 N–H and O–H groups in total. The molecule has 0 bridgehead atoms. The molecular weight excluding hydrogens is 496 g/mol. The molecule has 3 aromatic carbocycles. The van der Waals surface area contributed by atoms with Gasteiger partial charge in [-0.15, -0.1) is 0 Å². The monoisotopic (exact) mass is 530 g/mol. The van der Waals surface area contributed by atoms with Gasteiger partial charge in [0, 0.05) is 18.7 Å². The van der Waals surface area contributed by atoms with Gasteiger partial charge < -0.3 is 29.1 Å². The van der Waals surface area contributed by atoms with Crippen molar-refractivity contribution in [1.82, 2.24) is 9.80 Å². The molecule has 204 valence electrons. The Balaban J connectivity index is 1.74. The number of rotatable bonds is 10. The zero-order valence-electron chi connectivity index (χ0n) is 22.9. The number of nitrogens with zero attached hydrogens (tertiary/aromatic N) is 2. The molecule has 0 aliphatic carbocycles. The van der Waals surface area contributed by atoms with Gasteiger partial charge in [0.05, 0.1) is 25.8 Å². The Hall–Kier alpha value is -4.30. The molecule has 39 heavy (non-hydrogen) atoms. The number of methoxy groups -OCH3 is 2. The van der Waals surface area contributed by atoms with E-state index in [9.17, 15) is 14.7 Å². The fraction of sp³-hybridized carbons (Fsp3) is 0.290. The molecule has 0 aromatic heterocycles. The van der Waals surface area contributed by atoms with Crippen molar-refractivity contribution in [3.05, 3.63) is 94.6 Å². The molecule has 1 amide bonds. The number of carbonyl (C=O) groups is 2. The number of benzene rings is 3. The van der Waals surface area contributed by atoms with E-state index < -0.39 is 17.7 Å². The second kappa shape index (κ2) is 12.0. The van der Waals surface area contributed by atoms with Gasteiger partial charge in [0.25, 0.3) is 11.7 Å². The van der Waals surface area contributed by atoms with Crippen molar-refractivity contribution in [3.8, 4) is 17.2 Å². The summed E-state index contributed by atoms with van der Waals surface area (Å²) >= 11 is 0. The van der Waals surface area contributed by atoms with Crippen molar-refractivity contribution in [3.63, 3.8) is 0 Å². The lowest BCUT2D eigenvalue weighted by molar-refractivity contribution is -0.140. The number of amides is 1. The topological polar surface area (TPSA) is 88.5 Å². The highest BCUT2D eigenvalue weighted by Gasteiger charge is 2.46. The first-order chi connectivity index (χ1) is 18.7. The Morgan fingerprint density at radius 1 is 0.949 bits per heavy atom. The summed E-state index contributed by atoms with van der Waals surface area (Å²) in [6.45, 7) is 3.09. The Morgan fingerprint density at radius 2 is 1.67 bits per heavy atom. The van der Waals surface area contributed by atoms with E-state index in [-0.39, 0.29) is 11.3 Å². The number of hydrogen-bond donors (Lipinski definition) is 1. The standard InChI is InChI=1S/C31H34N2O6/c1-20-17-23(39-19-21-9-7-6-8-10-21)12-13-24(20)29(34)27-28(22-11-14-25(37-4)26(18-22)38-5)33(16-15-32(2)3)31(36)30(27)35/h6-14,17-18,28,34H,15-16,19H2,1-5H3/t28-/m1/s1. The van der Waals surface area contributed by atoms with E-state index in [1.807, 2.05) is 62.3 Å². The Morgan fingerprint density at radius 3 is 2.31 bits per heavy atom. The molecule has 1 aliphatic rings. The van der Waals surface area contributed by atoms with Crippen LogP contribution in [0.2, 0.25) is 0 Å². The molecule has 0 spiro atoms. The smallest absolute Gasteiger partial charge is 0.295 e. The average molecular weight is 531 g/mol. The van der Waals surface area contributed by atoms with E-state index in [1.54, 1.807) is 30.3 Å². The van der Waals surface area contributed by atoms with Crippen LogP contribution in [0.4, 0.5) is 0 Å². The van der Waals surface area contributed by atoms with Gasteiger partial charge in [-0.25, -0.2) is 0 Å². The normalized spacial score (nSPS) is 16.6. The maximum absolute atomic E-state index is 13.4. The van der Waals surface area contributed by atoms with Crippen molar-refractivity contribution in [2.24, 2.45) is 0 Å².